The highest BCUT2D eigenvalue weighted by molar-refractivity contribution is 9.08. The molecule has 0 saturated heterocycles. The van der Waals surface area contributed by atoms with E-state index in [2.05, 4.69) is 21.0 Å². The molecule has 0 unspecified atom stereocenters. The Balaban J connectivity index is 3.14. The molecule has 1 heterocycles. The number of aromatic nitrogens is 2. The Labute approximate surface area is 83.6 Å². The number of hydrogen-bond donors (Lipinski definition) is 0. The van der Waals surface area contributed by atoms with E-state index in [1.165, 1.54) is 0 Å². The first-order valence-electron chi connectivity index (χ1n) is 3.17. The van der Waals surface area contributed by atoms with Crippen molar-refractivity contribution in [3.8, 4) is 0 Å². The monoisotopic (exact) mass is 256 g/mol. The second kappa shape index (κ2) is 3.78. The SMILES string of the molecule is CCn1nc(Cl)c(CBr)c1Cl. The molecule has 2 nitrogen and oxygen atoms in total. The second-order valence-electron chi connectivity index (χ2n) is 2.01. The van der Waals surface area contributed by atoms with Crippen molar-refractivity contribution in [2.45, 2.75) is 18.8 Å². The van der Waals surface area contributed by atoms with Gasteiger partial charge in [-0.3, -0.25) is 4.68 Å². The summed E-state index contributed by atoms with van der Waals surface area (Å²) in [5.74, 6) is 0. The van der Waals surface area contributed by atoms with Crippen molar-refractivity contribution >= 4 is 39.1 Å². The van der Waals surface area contributed by atoms with E-state index in [0.29, 0.717) is 15.6 Å². The van der Waals surface area contributed by atoms with Crippen LogP contribution in [-0.2, 0) is 11.9 Å². The van der Waals surface area contributed by atoms with Crippen LogP contribution in [0.25, 0.3) is 0 Å². The molecule has 0 spiro atoms. The molecule has 0 N–H and O–H groups in total. The van der Waals surface area contributed by atoms with Crippen LogP contribution >= 0.6 is 39.1 Å². The minimum absolute atomic E-state index is 0.480. The zero-order chi connectivity index (χ0) is 8.43. The third-order valence-corrected chi connectivity index (χ3v) is 2.65. The molecular formula is C6H7BrCl2N2. The van der Waals surface area contributed by atoms with Crippen molar-refractivity contribution < 1.29 is 0 Å². The van der Waals surface area contributed by atoms with Crippen molar-refractivity contribution in [3.63, 3.8) is 0 Å². The second-order valence-corrected chi connectivity index (χ2v) is 3.29. The number of halogens is 3. The van der Waals surface area contributed by atoms with Gasteiger partial charge >= 0.3 is 0 Å². The van der Waals surface area contributed by atoms with Crippen molar-refractivity contribution in [1.29, 1.82) is 0 Å². The Morgan fingerprint density at radius 1 is 1.55 bits per heavy atom. The van der Waals surface area contributed by atoms with Crippen molar-refractivity contribution in [1.82, 2.24) is 9.78 Å². The average molecular weight is 258 g/mol. The molecule has 1 aromatic heterocycles. The molecule has 0 fully saturated rings. The van der Waals surface area contributed by atoms with Gasteiger partial charge in [-0.25, -0.2) is 0 Å². The van der Waals surface area contributed by atoms with E-state index >= 15 is 0 Å². The molecule has 0 aromatic carbocycles. The Morgan fingerprint density at radius 3 is 2.45 bits per heavy atom. The van der Waals surface area contributed by atoms with Gasteiger partial charge in [-0.05, 0) is 6.92 Å². The Kier molecular flexibility index (Phi) is 3.22. The summed E-state index contributed by atoms with van der Waals surface area (Å²) in [6, 6.07) is 0. The number of rotatable bonds is 2. The van der Waals surface area contributed by atoms with Crippen LogP contribution in [0.1, 0.15) is 12.5 Å². The highest BCUT2D eigenvalue weighted by atomic mass is 79.9. The van der Waals surface area contributed by atoms with E-state index in [1.807, 2.05) is 6.92 Å². The maximum absolute atomic E-state index is 5.92. The zero-order valence-corrected chi connectivity index (χ0v) is 9.04. The summed E-state index contributed by atoms with van der Waals surface area (Å²) in [7, 11) is 0. The number of nitrogens with zero attached hydrogens (tertiary/aromatic N) is 2. The lowest BCUT2D eigenvalue weighted by Gasteiger charge is -1.95. The first kappa shape index (κ1) is 9.36. The number of hydrogen-bond acceptors (Lipinski definition) is 1. The zero-order valence-electron chi connectivity index (χ0n) is 5.94. The summed E-state index contributed by atoms with van der Waals surface area (Å²) in [6.45, 7) is 2.71. The van der Waals surface area contributed by atoms with Crippen molar-refractivity contribution in [3.05, 3.63) is 15.9 Å². The van der Waals surface area contributed by atoms with Crippen LogP contribution in [0.3, 0.4) is 0 Å². The maximum Gasteiger partial charge on any atom is 0.156 e. The molecule has 1 aromatic rings. The van der Waals surface area contributed by atoms with Crippen LogP contribution in [-0.4, -0.2) is 9.78 Å². The topological polar surface area (TPSA) is 17.8 Å². The molecule has 62 valence electrons. The summed E-state index contributed by atoms with van der Waals surface area (Å²) in [5.41, 5.74) is 0.857. The fraction of sp³-hybridized carbons (Fsp3) is 0.500. The van der Waals surface area contributed by atoms with Gasteiger partial charge in [0.15, 0.2) is 5.15 Å². The van der Waals surface area contributed by atoms with Gasteiger partial charge in [0.1, 0.15) is 5.15 Å². The summed E-state index contributed by atoms with van der Waals surface area (Å²) in [5, 5.41) is 5.76. The van der Waals surface area contributed by atoms with Gasteiger partial charge in [-0.1, -0.05) is 39.1 Å². The molecule has 0 bridgehead atoms. The van der Waals surface area contributed by atoms with Crippen molar-refractivity contribution in [2.75, 3.05) is 0 Å². The van der Waals surface area contributed by atoms with Crippen LogP contribution in [0.4, 0.5) is 0 Å². The lowest BCUT2D eigenvalue weighted by molar-refractivity contribution is 0.660. The Morgan fingerprint density at radius 2 is 2.18 bits per heavy atom. The molecule has 0 aliphatic heterocycles. The van der Waals surface area contributed by atoms with Crippen LogP contribution in [0.5, 0.6) is 0 Å². The predicted molar refractivity (Wildman–Crippen MR) is 50.6 cm³/mol. The highest BCUT2D eigenvalue weighted by Gasteiger charge is 2.11. The quantitative estimate of drug-likeness (QED) is 0.745. The smallest absolute Gasteiger partial charge is 0.156 e. The molecule has 11 heavy (non-hydrogen) atoms. The molecule has 0 saturated carbocycles. The van der Waals surface area contributed by atoms with Gasteiger partial charge in [-0.15, -0.1) is 0 Å². The third kappa shape index (κ3) is 1.71. The van der Waals surface area contributed by atoms with E-state index in [0.717, 1.165) is 12.1 Å². The molecule has 0 aliphatic rings. The molecule has 0 radical (unpaired) electrons. The predicted octanol–water partition coefficient (Wildman–Crippen LogP) is 3.10. The van der Waals surface area contributed by atoms with Gasteiger partial charge in [0.25, 0.3) is 0 Å². The summed E-state index contributed by atoms with van der Waals surface area (Å²) in [4.78, 5) is 0. The lowest BCUT2D eigenvalue weighted by Crippen LogP contribution is -1.95. The normalized spacial score (nSPS) is 10.5. The van der Waals surface area contributed by atoms with E-state index in [1.54, 1.807) is 4.68 Å². The molecule has 1 rings (SSSR count). The van der Waals surface area contributed by atoms with Crippen molar-refractivity contribution in [2.24, 2.45) is 0 Å². The summed E-state index contributed by atoms with van der Waals surface area (Å²) >= 11 is 15.0. The fourth-order valence-corrected chi connectivity index (χ4v) is 2.23. The fourth-order valence-electron chi connectivity index (χ4n) is 0.771. The first-order valence-corrected chi connectivity index (χ1v) is 5.05. The molecule has 0 atom stereocenters. The molecule has 0 amide bonds. The highest BCUT2D eigenvalue weighted by Crippen LogP contribution is 2.25. The lowest BCUT2D eigenvalue weighted by atomic mass is 10.4. The van der Waals surface area contributed by atoms with Crippen LogP contribution < -0.4 is 0 Å². The molecule has 5 heteroatoms. The molecular weight excluding hydrogens is 251 g/mol. The average Bonchev–Trinajstić information content (AvgIpc) is 2.26. The first-order chi connectivity index (χ1) is 5.20. The van der Waals surface area contributed by atoms with E-state index < -0.39 is 0 Å². The number of alkyl halides is 1. The Hall–Kier alpha value is 0.270. The summed E-state index contributed by atoms with van der Waals surface area (Å²) < 4.78 is 1.67. The minimum Gasteiger partial charge on any atom is -0.252 e. The molecule has 0 aliphatic carbocycles. The van der Waals surface area contributed by atoms with Gasteiger partial charge in [-0.2, -0.15) is 5.10 Å². The Bertz CT molecular complexity index is 259. The van der Waals surface area contributed by atoms with Crippen LogP contribution in [0, 0.1) is 0 Å². The largest absolute Gasteiger partial charge is 0.252 e. The van der Waals surface area contributed by atoms with E-state index in [4.69, 9.17) is 23.2 Å². The van der Waals surface area contributed by atoms with E-state index in [9.17, 15) is 0 Å². The standard InChI is InChI=1S/C6H7BrCl2N2/c1-2-11-6(9)4(3-7)5(8)10-11/h2-3H2,1H3. The third-order valence-electron chi connectivity index (χ3n) is 1.37. The summed E-state index contributed by atoms with van der Waals surface area (Å²) in [6.07, 6.45) is 0. The maximum atomic E-state index is 5.92. The van der Waals surface area contributed by atoms with Crippen LogP contribution in [0.15, 0.2) is 0 Å². The number of aryl methyl sites for hydroxylation is 1. The van der Waals surface area contributed by atoms with Gasteiger partial charge in [0.2, 0.25) is 0 Å². The van der Waals surface area contributed by atoms with Gasteiger partial charge < -0.3 is 0 Å². The van der Waals surface area contributed by atoms with Gasteiger partial charge in [0.05, 0.1) is 0 Å². The minimum atomic E-state index is 0.480. The van der Waals surface area contributed by atoms with E-state index in [-0.39, 0.29) is 0 Å². The van der Waals surface area contributed by atoms with Crippen LogP contribution in [0.2, 0.25) is 10.3 Å². The van der Waals surface area contributed by atoms with Gasteiger partial charge in [0, 0.05) is 17.4 Å².